The highest BCUT2D eigenvalue weighted by Crippen LogP contribution is 2.18. The Labute approximate surface area is 118 Å². The number of ether oxygens (including phenoxy) is 1. The molecule has 2 rings (SSSR count). The van der Waals surface area contributed by atoms with E-state index in [1.54, 1.807) is 5.01 Å². The third kappa shape index (κ3) is 3.81. The van der Waals surface area contributed by atoms with E-state index in [9.17, 15) is 9.59 Å². The standard InChI is InChI=1S/C15H20N2O3/c1-15(2,3)20-14(19)12-9-13(18)16-17(12)10-11-7-5-4-6-8-11/h4-8,12H,9-10H2,1-3H3,(H,16,18)/t12-/m1/s1. The molecule has 1 N–H and O–H groups in total. The van der Waals surface area contributed by atoms with Crippen molar-refractivity contribution >= 4 is 11.9 Å². The number of benzene rings is 1. The lowest BCUT2D eigenvalue weighted by Crippen LogP contribution is -2.44. The average Bonchev–Trinajstić information content (AvgIpc) is 2.69. The monoisotopic (exact) mass is 276 g/mol. The van der Waals surface area contributed by atoms with Crippen LogP contribution >= 0.6 is 0 Å². The molecular weight excluding hydrogens is 256 g/mol. The van der Waals surface area contributed by atoms with Crippen molar-refractivity contribution in [2.45, 2.75) is 45.4 Å². The average molecular weight is 276 g/mol. The summed E-state index contributed by atoms with van der Waals surface area (Å²) in [4.78, 5) is 23.7. The summed E-state index contributed by atoms with van der Waals surface area (Å²) in [6.45, 7) is 5.93. The van der Waals surface area contributed by atoms with Crippen LogP contribution in [0.5, 0.6) is 0 Å². The minimum Gasteiger partial charge on any atom is -0.459 e. The lowest BCUT2D eigenvalue weighted by Gasteiger charge is -2.26. The number of amides is 1. The Morgan fingerprint density at radius 3 is 2.60 bits per heavy atom. The highest BCUT2D eigenvalue weighted by atomic mass is 16.6. The zero-order chi connectivity index (χ0) is 14.8. The molecule has 20 heavy (non-hydrogen) atoms. The van der Waals surface area contributed by atoms with Gasteiger partial charge in [-0.15, -0.1) is 0 Å². The molecule has 1 aromatic carbocycles. The van der Waals surface area contributed by atoms with Crippen molar-refractivity contribution in [2.75, 3.05) is 0 Å². The second-order valence-electron chi connectivity index (χ2n) is 5.90. The molecule has 5 heteroatoms. The summed E-state index contributed by atoms with van der Waals surface area (Å²) in [7, 11) is 0. The van der Waals surface area contributed by atoms with E-state index in [-0.39, 0.29) is 18.3 Å². The normalized spacial score (nSPS) is 19.8. The van der Waals surface area contributed by atoms with Crippen LogP contribution < -0.4 is 5.43 Å². The minimum atomic E-state index is -0.568. The van der Waals surface area contributed by atoms with Gasteiger partial charge in [-0.1, -0.05) is 30.3 Å². The first-order valence-electron chi connectivity index (χ1n) is 6.68. The Hall–Kier alpha value is -1.88. The van der Waals surface area contributed by atoms with Gasteiger partial charge >= 0.3 is 5.97 Å². The highest BCUT2D eigenvalue weighted by molar-refractivity contribution is 5.88. The van der Waals surface area contributed by atoms with Gasteiger partial charge in [0.15, 0.2) is 0 Å². The number of carbonyl (C=O) groups is 2. The lowest BCUT2D eigenvalue weighted by atomic mass is 10.1. The summed E-state index contributed by atoms with van der Waals surface area (Å²) in [5, 5.41) is 1.64. The molecule has 1 aliphatic heterocycles. The van der Waals surface area contributed by atoms with E-state index in [2.05, 4.69) is 5.43 Å². The van der Waals surface area contributed by atoms with E-state index in [4.69, 9.17) is 4.74 Å². The van der Waals surface area contributed by atoms with E-state index in [1.807, 2.05) is 51.1 Å². The van der Waals surface area contributed by atoms with Crippen molar-refractivity contribution in [1.82, 2.24) is 10.4 Å². The van der Waals surface area contributed by atoms with Crippen LogP contribution in [0.3, 0.4) is 0 Å². The first kappa shape index (κ1) is 14.5. The fourth-order valence-electron chi connectivity index (χ4n) is 2.08. The van der Waals surface area contributed by atoms with E-state index in [1.165, 1.54) is 0 Å². The number of hydrogen-bond donors (Lipinski definition) is 1. The molecule has 1 saturated heterocycles. The summed E-state index contributed by atoms with van der Waals surface area (Å²) in [6.07, 6.45) is 0.141. The van der Waals surface area contributed by atoms with Crippen molar-refractivity contribution in [3.05, 3.63) is 35.9 Å². The van der Waals surface area contributed by atoms with E-state index < -0.39 is 11.6 Å². The van der Waals surface area contributed by atoms with Gasteiger partial charge in [0.25, 0.3) is 0 Å². The van der Waals surface area contributed by atoms with E-state index in [0.29, 0.717) is 6.54 Å². The second-order valence-corrected chi connectivity index (χ2v) is 5.90. The van der Waals surface area contributed by atoms with Crippen LogP contribution in [0.2, 0.25) is 0 Å². The summed E-state index contributed by atoms with van der Waals surface area (Å²) in [6, 6.07) is 9.12. The number of hydrazine groups is 1. The van der Waals surface area contributed by atoms with Gasteiger partial charge in [0.2, 0.25) is 5.91 Å². The van der Waals surface area contributed by atoms with Gasteiger partial charge in [-0.2, -0.15) is 0 Å². The number of rotatable bonds is 3. The van der Waals surface area contributed by atoms with Gasteiger partial charge in [0.05, 0.1) is 6.42 Å². The molecular formula is C15H20N2O3. The van der Waals surface area contributed by atoms with Crippen LogP contribution in [0.15, 0.2) is 30.3 Å². The fourth-order valence-corrected chi connectivity index (χ4v) is 2.08. The lowest BCUT2D eigenvalue weighted by molar-refractivity contribution is -0.161. The van der Waals surface area contributed by atoms with Crippen LogP contribution in [0.4, 0.5) is 0 Å². The molecule has 1 atom stereocenters. The smallest absolute Gasteiger partial charge is 0.326 e. The summed E-state index contributed by atoms with van der Waals surface area (Å²) in [5.41, 5.74) is 3.19. The Balaban J connectivity index is 2.07. The second kappa shape index (κ2) is 5.63. The first-order valence-corrected chi connectivity index (χ1v) is 6.68. The largest absolute Gasteiger partial charge is 0.459 e. The zero-order valence-corrected chi connectivity index (χ0v) is 12.1. The molecule has 0 unspecified atom stereocenters. The molecule has 1 amide bonds. The third-order valence-electron chi connectivity index (χ3n) is 2.90. The Morgan fingerprint density at radius 1 is 1.35 bits per heavy atom. The maximum atomic E-state index is 12.2. The Morgan fingerprint density at radius 2 is 2.00 bits per heavy atom. The number of carbonyl (C=O) groups excluding carboxylic acids is 2. The van der Waals surface area contributed by atoms with Crippen molar-refractivity contribution in [3.8, 4) is 0 Å². The molecule has 1 fully saturated rings. The number of nitrogens with zero attached hydrogens (tertiary/aromatic N) is 1. The SMILES string of the molecule is CC(C)(C)OC(=O)[C@H]1CC(=O)NN1Cc1ccccc1. The predicted molar refractivity (Wildman–Crippen MR) is 74.4 cm³/mol. The summed E-state index contributed by atoms with van der Waals surface area (Å²) >= 11 is 0. The molecule has 0 saturated carbocycles. The van der Waals surface area contributed by atoms with Crippen molar-refractivity contribution in [1.29, 1.82) is 0 Å². The van der Waals surface area contributed by atoms with Crippen LogP contribution in [0.25, 0.3) is 0 Å². The molecule has 0 bridgehead atoms. The summed E-state index contributed by atoms with van der Waals surface area (Å²) < 4.78 is 5.37. The van der Waals surface area contributed by atoms with Gasteiger partial charge in [-0.05, 0) is 26.3 Å². The molecule has 1 heterocycles. The number of hydrogen-bond acceptors (Lipinski definition) is 4. The topological polar surface area (TPSA) is 58.6 Å². The zero-order valence-electron chi connectivity index (χ0n) is 12.1. The molecule has 1 aromatic rings. The Bertz CT molecular complexity index is 494. The maximum absolute atomic E-state index is 12.2. The van der Waals surface area contributed by atoms with E-state index >= 15 is 0 Å². The third-order valence-corrected chi connectivity index (χ3v) is 2.90. The summed E-state index contributed by atoms with van der Waals surface area (Å²) in [5.74, 6) is -0.524. The Kier molecular flexibility index (Phi) is 4.09. The maximum Gasteiger partial charge on any atom is 0.326 e. The minimum absolute atomic E-state index is 0.141. The van der Waals surface area contributed by atoms with Crippen LogP contribution in [-0.2, 0) is 20.9 Å². The molecule has 0 aromatic heterocycles. The molecule has 5 nitrogen and oxygen atoms in total. The molecule has 0 aliphatic carbocycles. The number of nitrogens with one attached hydrogen (secondary N) is 1. The van der Waals surface area contributed by atoms with Crippen molar-refractivity contribution < 1.29 is 14.3 Å². The van der Waals surface area contributed by atoms with Gasteiger partial charge in [0, 0.05) is 6.54 Å². The van der Waals surface area contributed by atoms with Gasteiger partial charge < -0.3 is 4.74 Å². The molecule has 0 radical (unpaired) electrons. The van der Waals surface area contributed by atoms with Crippen LogP contribution in [-0.4, -0.2) is 28.5 Å². The van der Waals surface area contributed by atoms with Gasteiger partial charge in [0.1, 0.15) is 11.6 Å². The fraction of sp³-hybridized carbons (Fsp3) is 0.467. The number of esters is 1. The molecule has 1 aliphatic rings. The van der Waals surface area contributed by atoms with E-state index in [0.717, 1.165) is 5.56 Å². The van der Waals surface area contributed by atoms with Crippen LogP contribution in [0, 0.1) is 0 Å². The first-order chi connectivity index (χ1) is 9.35. The molecule has 108 valence electrons. The molecule has 0 spiro atoms. The highest BCUT2D eigenvalue weighted by Gasteiger charge is 2.38. The van der Waals surface area contributed by atoms with Crippen LogP contribution in [0.1, 0.15) is 32.8 Å². The van der Waals surface area contributed by atoms with Gasteiger partial charge in [-0.25, -0.2) is 5.01 Å². The van der Waals surface area contributed by atoms with Gasteiger partial charge in [-0.3, -0.25) is 15.0 Å². The van der Waals surface area contributed by atoms with Crippen molar-refractivity contribution in [3.63, 3.8) is 0 Å². The quantitative estimate of drug-likeness (QED) is 0.853. The van der Waals surface area contributed by atoms with Crippen molar-refractivity contribution in [2.24, 2.45) is 0 Å². The predicted octanol–water partition coefficient (Wildman–Crippen LogP) is 1.63.